The second-order valence-corrected chi connectivity index (χ2v) is 10.2. The van der Waals surface area contributed by atoms with Crippen molar-refractivity contribution in [2.75, 3.05) is 51.1 Å². The molecule has 272 valence electrons. The molecule has 18 nitrogen and oxygen atoms in total. The van der Waals surface area contributed by atoms with Crippen molar-refractivity contribution in [2.45, 2.75) is 19.9 Å². The summed E-state index contributed by atoms with van der Waals surface area (Å²) in [6.45, 7) is 2.77. The lowest BCUT2D eigenvalue weighted by atomic mass is 10.1. The van der Waals surface area contributed by atoms with Gasteiger partial charge >= 0.3 is 29.8 Å². The number of benzene rings is 3. The summed E-state index contributed by atoms with van der Waals surface area (Å²) >= 11 is 0. The lowest BCUT2D eigenvalue weighted by Gasteiger charge is -2.12. The average molecular weight is 719 g/mol. The highest BCUT2D eigenvalue weighted by Crippen LogP contribution is 2.24. The standard InChI is InChI=1S/C34H34N6O12/c1-7-52-30(40-38-26-17-20(32(45)49-4)9-15-24(26)34(47)51-6)29(43)36-22-12-10-21(11-13-22)35-28(42)27(18(2)41)39-37-25-16-19(31(44)48-3)8-14-23(25)33(46)50-5/h8-17,27,38H,7H2,1-6H3,(H,35,42)(H,36,43). The first kappa shape index (κ1) is 39.5. The van der Waals surface area contributed by atoms with Gasteiger partial charge in [-0.15, -0.1) is 5.10 Å². The summed E-state index contributed by atoms with van der Waals surface area (Å²) < 4.78 is 24.3. The number of carbonyl (C=O) groups is 7. The predicted molar refractivity (Wildman–Crippen MR) is 184 cm³/mol. The number of methoxy groups -OCH3 is 4. The fourth-order valence-electron chi connectivity index (χ4n) is 4.18. The summed E-state index contributed by atoms with van der Waals surface area (Å²) in [7, 11) is 4.67. The molecule has 0 bridgehead atoms. The van der Waals surface area contributed by atoms with E-state index in [4.69, 9.17) is 18.9 Å². The third-order valence-electron chi connectivity index (χ3n) is 6.75. The molecule has 3 aromatic rings. The molecule has 3 rings (SSSR count). The Balaban J connectivity index is 1.77. The van der Waals surface area contributed by atoms with Crippen molar-refractivity contribution in [1.29, 1.82) is 0 Å². The number of carbonyl (C=O) groups excluding carboxylic acids is 7. The lowest BCUT2D eigenvalue weighted by molar-refractivity contribution is -0.126. The Morgan fingerprint density at radius 3 is 1.73 bits per heavy atom. The van der Waals surface area contributed by atoms with Gasteiger partial charge in [-0.3, -0.25) is 19.8 Å². The highest BCUT2D eigenvalue weighted by molar-refractivity contribution is 6.39. The Morgan fingerprint density at radius 1 is 0.673 bits per heavy atom. The summed E-state index contributed by atoms with van der Waals surface area (Å²) in [6.07, 6.45) is 0. The number of amides is 2. The van der Waals surface area contributed by atoms with E-state index in [1.54, 1.807) is 6.92 Å². The van der Waals surface area contributed by atoms with Gasteiger partial charge in [0, 0.05) is 11.4 Å². The van der Waals surface area contributed by atoms with E-state index in [1.807, 2.05) is 0 Å². The number of esters is 4. The van der Waals surface area contributed by atoms with Gasteiger partial charge < -0.3 is 34.3 Å². The molecule has 0 saturated carbocycles. The minimum absolute atomic E-state index is 0.0139. The van der Waals surface area contributed by atoms with Crippen LogP contribution in [0.1, 0.15) is 55.3 Å². The summed E-state index contributed by atoms with van der Waals surface area (Å²) in [6, 6.07) is 11.8. The van der Waals surface area contributed by atoms with Crippen molar-refractivity contribution in [3.63, 3.8) is 0 Å². The van der Waals surface area contributed by atoms with E-state index in [2.05, 4.69) is 36.1 Å². The Kier molecular flexibility index (Phi) is 14.2. The lowest BCUT2D eigenvalue weighted by Crippen LogP contribution is -2.31. The zero-order chi connectivity index (χ0) is 38.4. The predicted octanol–water partition coefficient (Wildman–Crippen LogP) is 3.91. The van der Waals surface area contributed by atoms with E-state index < -0.39 is 53.4 Å². The summed E-state index contributed by atoms with van der Waals surface area (Å²) in [5.74, 6) is -5.70. The second-order valence-electron chi connectivity index (χ2n) is 10.2. The number of hydrogen-bond acceptors (Lipinski definition) is 16. The van der Waals surface area contributed by atoms with Gasteiger partial charge in [0.05, 0.1) is 63.0 Å². The van der Waals surface area contributed by atoms with E-state index in [0.717, 1.165) is 14.0 Å². The Hall–Kier alpha value is -6.98. The monoisotopic (exact) mass is 718 g/mol. The molecule has 0 aliphatic rings. The molecule has 3 aromatic carbocycles. The minimum atomic E-state index is -1.64. The summed E-state index contributed by atoms with van der Waals surface area (Å²) in [5.41, 5.74) is 2.98. The Bertz CT molecular complexity index is 1920. The summed E-state index contributed by atoms with van der Waals surface area (Å²) in [4.78, 5) is 86.9. The van der Waals surface area contributed by atoms with Crippen molar-refractivity contribution < 1.29 is 57.2 Å². The van der Waals surface area contributed by atoms with Crippen LogP contribution in [-0.2, 0) is 38.1 Å². The number of nitrogens with one attached hydrogen (secondary N) is 3. The molecule has 1 unspecified atom stereocenters. The van der Waals surface area contributed by atoms with Crippen LogP contribution >= 0.6 is 0 Å². The van der Waals surface area contributed by atoms with Gasteiger partial charge in [0.2, 0.25) is 6.04 Å². The normalized spacial score (nSPS) is 11.5. The quantitative estimate of drug-likeness (QED) is 0.0433. The van der Waals surface area contributed by atoms with Crippen LogP contribution in [0.5, 0.6) is 0 Å². The molecule has 0 aliphatic carbocycles. The number of azo groups is 1. The molecule has 0 aromatic heterocycles. The number of nitrogens with zero attached hydrogens (tertiary/aromatic N) is 3. The zero-order valence-corrected chi connectivity index (χ0v) is 28.8. The number of hydrogen-bond donors (Lipinski definition) is 3. The van der Waals surface area contributed by atoms with Gasteiger partial charge in [0.15, 0.2) is 5.78 Å². The first-order valence-electron chi connectivity index (χ1n) is 15.1. The number of ketones is 1. The van der Waals surface area contributed by atoms with E-state index in [-0.39, 0.29) is 51.6 Å². The number of hydrazone groups is 1. The molecule has 0 heterocycles. The fraction of sp³-hybridized carbons (Fsp3) is 0.235. The summed E-state index contributed by atoms with van der Waals surface area (Å²) in [5, 5.41) is 16.8. The highest BCUT2D eigenvalue weighted by atomic mass is 16.5. The van der Waals surface area contributed by atoms with Crippen LogP contribution in [0, 0.1) is 0 Å². The SMILES string of the molecule is CCOC(=NNc1cc(C(=O)OC)ccc1C(=O)OC)C(=O)Nc1ccc(NC(=O)C(N=Nc2cc(C(=O)OC)ccc2C(=O)OC)C(C)=O)cc1. The van der Waals surface area contributed by atoms with Crippen LogP contribution in [0.15, 0.2) is 76.0 Å². The number of anilines is 3. The Labute approximate surface area is 296 Å². The molecule has 0 aliphatic heterocycles. The van der Waals surface area contributed by atoms with Crippen molar-refractivity contribution in [1.82, 2.24) is 0 Å². The number of ether oxygens (including phenoxy) is 5. The zero-order valence-electron chi connectivity index (χ0n) is 28.8. The third kappa shape index (κ3) is 10.3. The van der Waals surface area contributed by atoms with E-state index in [9.17, 15) is 33.6 Å². The van der Waals surface area contributed by atoms with Crippen LogP contribution < -0.4 is 16.1 Å². The molecule has 3 N–H and O–H groups in total. The fourth-order valence-corrected chi connectivity index (χ4v) is 4.18. The van der Waals surface area contributed by atoms with Gasteiger partial charge in [-0.25, -0.2) is 19.2 Å². The molecule has 0 spiro atoms. The number of Topliss-reactive ketones (excluding diaryl/α,β-unsaturated/α-hetero) is 1. The molecular weight excluding hydrogens is 684 g/mol. The average Bonchev–Trinajstić information content (AvgIpc) is 3.15. The largest absolute Gasteiger partial charge is 0.473 e. The van der Waals surface area contributed by atoms with Gasteiger partial charge in [0.1, 0.15) is 5.69 Å². The third-order valence-corrected chi connectivity index (χ3v) is 6.75. The minimum Gasteiger partial charge on any atom is -0.473 e. The van der Waals surface area contributed by atoms with Crippen LogP contribution in [0.2, 0.25) is 0 Å². The highest BCUT2D eigenvalue weighted by Gasteiger charge is 2.25. The molecule has 0 fully saturated rings. The molecular formula is C34H34N6O12. The molecule has 1 atom stereocenters. The van der Waals surface area contributed by atoms with Crippen molar-refractivity contribution in [3.05, 3.63) is 82.9 Å². The van der Waals surface area contributed by atoms with Gasteiger partial charge in [-0.05, 0) is 74.5 Å². The van der Waals surface area contributed by atoms with Gasteiger partial charge in [0.25, 0.3) is 11.8 Å². The maximum atomic E-state index is 13.0. The molecule has 2 amide bonds. The second kappa shape index (κ2) is 18.7. The molecule has 0 radical (unpaired) electrons. The van der Waals surface area contributed by atoms with Crippen molar-refractivity contribution in [3.8, 4) is 0 Å². The van der Waals surface area contributed by atoms with Gasteiger partial charge in [-0.2, -0.15) is 10.2 Å². The van der Waals surface area contributed by atoms with E-state index in [1.165, 1.54) is 82.0 Å². The van der Waals surface area contributed by atoms with Crippen LogP contribution in [0.25, 0.3) is 0 Å². The molecule has 18 heteroatoms. The van der Waals surface area contributed by atoms with Crippen molar-refractivity contribution >= 4 is 70.1 Å². The van der Waals surface area contributed by atoms with E-state index >= 15 is 0 Å². The molecule has 52 heavy (non-hydrogen) atoms. The van der Waals surface area contributed by atoms with Crippen LogP contribution in [0.3, 0.4) is 0 Å². The number of rotatable bonds is 13. The van der Waals surface area contributed by atoms with E-state index in [0.29, 0.717) is 0 Å². The smallest absolute Gasteiger partial charge is 0.340 e. The maximum Gasteiger partial charge on any atom is 0.340 e. The first-order valence-corrected chi connectivity index (χ1v) is 15.1. The molecule has 0 saturated heterocycles. The Morgan fingerprint density at radius 2 is 1.19 bits per heavy atom. The van der Waals surface area contributed by atoms with Crippen LogP contribution in [-0.4, -0.2) is 88.5 Å². The van der Waals surface area contributed by atoms with Crippen molar-refractivity contribution in [2.24, 2.45) is 15.3 Å². The topological polar surface area (TPSA) is 239 Å². The van der Waals surface area contributed by atoms with Gasteiger partial charge in [-0.1, -0.05) is 0 Å². The van der Waals surface area contributed by atoms with Crippen LogP contribution in [0.4, 0.5) is 22.7 Å². The first-order chi connectivity index (χ1) is 24.9. The maximum absolute atomic E-state index is 13.0.